The fourth-order valence-electron chi connectivity index (χ4n) is 3.16. The maximum Gasteiger partial charge on any atom is 0.0695 e. The highest BCUT2D eigenvalue weighted by Crippen LogP contribution is 2.29. The molecular weight excluding hydrogens is 174 g/mol. The van der Waals surface area contributed by atoms with Crippen molar-refractivity contribution in [2.45, 2.75) is 69.6 Å². The molecule has 2 nitrogen and oxygen atoms in total. The molecule has 0 radical (unpaired) electrons. The first-order valence-corrected chi connectivity index (χ1v) is 6.19. The maximum atomic E-state index is 9.85. The molecule has 0 aromatic heterocycles. The van der Waals surface area contributed by atoms with Crippen molar-refractivity contribution in [1.29, 1.82) is 0 Å². The molecule has 2 heteroatoms. The smallest absolute Gasteiger partial charge is 0.0695 e. The third kappa shape index (κ3) is 2.12. The van der Waals surface area contributed by atoms with Crippen LogP contribution in [0.2, 0.25) is 0 Å². The Kier molecular flexibility index (Phi) is 3.45. The lowest BCUT2D eigenvalue weighted by atomic mass is 9.93. The van der Waals surface area contributed by atoms with Gasteiger partial charge in [-0.15, -0.1) is 0 Å². The Bertz CT molecular complexity index is 177. The number of rotatable bonds is 2. The lowest BCUT2D eigenvalue weighted by molar-refractivity contribution is 0.0499. The topological polar surface area (TPSA) is 23.5 Å². The second kappa shape index (κ2) is 4.63. The fourth-order valence-corrected chi connectivity index (χ4v) is 3.16. The van der Waals surface area contributed by atoms with Crippen molar-refractivity contribution in [2.75, 3.05) is 7.05 Å². The number of hydrogen-bond acceptors (Lipinski definition) is 2. The number of aliphatic hydroxyl groups excluding tert-OH is 1. The number of likely N-dealkylation sites (N-methyl/N-ethyl adjacent to an activating group) is 1. The van der Waals surface area contributed by atoms with E-state index >= 15 is 0 Å². The third-order valence-electron chi connectivity index (χ3n) is 4.12. The van der Waals surface area contributed by atoms with Gasteiger partial charge in [-0.25, -0.2) is 0 Å². The quantitative estimate of drug-likeness (QED) is 0.733. The van der Waals surface area contributed by atoms with Gasteiger partial charge in [0, 0.05) is 12.1 Å². The predicted octanol–water partition coefficient (Wildman–Crippen LogP) is 2.16. The van der Waals surface area contributed by atoms with Crippen molar-refractivity contribution in [3.8, 4) is 0 Å². The van der Waals surface area contributed by atoms with E-state index in [1.807, 2.05) is 0 Å². The summed E-state index contributed by atoms with van der Waals surface area (Å²) in [5.41, 5.74) is 0. The molecular formula is C12H23NO. The summed E-state index contributed by atoms with van der Waals surface area (Å²) >= 11 is 0. The average molecular weight is 197 g/mol. The van der Waals surface area contributed by atoms with Crippen LogP contribution in [-0.4, -0.2) is 35.2 Å². The van der Waals surface area contributed by atoms with Gasteiger partial charge in [0.25, 0.3) is 0 Å². The van der Waals surface area contributed by atoms with E-state index in [1.54, 1.807) is 0 Å². The van der Waals surface area contributed by atoms with Crippen LogP contribution >= 0.6 is 0 Å². The summed E-state index contributed by atoms with van der Waals surface area (Å²) < 4.78 is 0. The molecule has 2 rings (SSSR count). The van der Waals surface area contributed by atoms with Crippen molar-refractivity contribution in [3.05, 3.63) is 0 Å². The molecule has 14 heavy (non-hydrogen) atoms. The van der Waals surface area contributed by atoms with Gasteiger partial charge in [0.2, 0.25) is 0 Å². The van der Waals surface area contributed by atoms with E-state index in [9.17, 15) is 5.11 Å². The van der Waals surface area contributed by atoms with Crippen LogP contribution in [0.1, 0.15) is 51.4 Å². The van der Waals surface area contributed by atoms with Gasteiger partial charge in [-0.3, -0.25) is 4.90 Å². The van der Waals surface area contributed by atoms with E-state index in [1.165, 1.54) is 44.9 Å². The van der Waals surface area contributed by atoms with Crippen LogP contribution in [0.15, 0.2) is 0 Å². The van der Waals surface area contributed by atoms with Gasteiger partial charge in [0.05, 0.1) is 6.10 Å². The van der Waals surface area contributed by atoms with E-state index < -0.39 is 0 Å². The molecule has 82 valence electrons. The second-order valence-electron chi connectivity index (χ2n) is 5.02. The first kappa shape index (κ1) is 10.4. The van der Waals surface area contributed by atoms with E-state index in [2.05, 4.69) is 11.9 Å². The Labute approximate surface area is 87.3 Å². The molecule has 1 N–H and O–H groups in total. The molecule has 0 heterocycles. The molecule has 0 aromatic rings. The van der Waals surface area contributed by atoms with Crippen molar-refractivity contribution < 1.29 is 5.11 Å². The Balaban J connectivity index is 1.89. The summed E-state index contributed by atoms with van der Waals surface area (Å²) in [5, 5.41) is 9.85. The molecule has 0 saturated heterocycles. The Hall–Kier alpha value is -0.0800. The summed E-state index contributed by atoms with van der Waals surface area (Å²) in [4.78, 5) is 2.47. The van der Waals surface area contributed by atoms with Crippen LogP contribution in [-0.2, 0) is 0 Å². The summed E-state index contributed by atoms with van der Waals surface area (Å²) in [6, 6.07) is 1.21. The van der Waals surface area contributed by atoms with Gasteiger partial charge < -0.3 is 5.11 Å². The molecule has 2 fully saturated rings. The zero-order chi connectivity index (χ0) is 9.97. The molecule has 2 aliphatic carbocycles. The summed E-state index contributed by atoms with van der Waals surface area (Å²) in [6.45, 7) is 0. The van der Waals surface area contributed by atoms with Gasteiger partial charge in [0.1, 0.15) is 0 Å². The van der Waals surface area contributed by atoms with Gasteiger partial charge in [-0.05, 0) is 39.2 Å². The van der Waals surface area contributed by atoms with Crippen molar-refractivity contribution >= 4 is 0 Å². The van der Waals surface area contributed by atoms with Gasteiger partial charge in [-0.1, -0.05) is 19.3 Å². The summed E-state index contributed by atoms with van der Waals surface area (Å²) in [7, 11) is 2.22. The van der Waals surface area contributed by atoms with Crippen molar-refractivity contribution in [1.82, 2.24) is 4.90 Å². The van der Waals surface area contributed by atoms with Crippen LogP contribution in [0, 0.1) is 0 Å². The minimum absolute atomic E-state index is 0.0538. The zero-order valence-corrected chi connectivity index (χ0v) is 9.28. The van der Waals surface area contributed by atoms with Crippen LogP contribution in [0.25, 0.3) is 0 Å². The Morgan fingerprint density at radius 3 is 2.21 bits per heavy atom. The number of hydrogen-bond donors (Lipinski definition) is 1. The van der Waals surface area contributed by atoms with Gasteiger partial charge >= 0.3 is 0 Å². The SMILES string of the molecule is CN(C1CCCCC1)[C@H]1CCC[C@@H]1O. The first-order valence-electron chi connectivity index (χ1n) is 6.19. The predicted molar refractivity (Wildman–Crippen MR) is 58.3 cm³/mol. The van der Waals surface area contributed by atoms with E-state index in [-0.39, 0.29) is 6.10 Å². The van der Waals surface area contributed by atoms with E-state index in [0.29, 0.717) is 6.04 Å². The molecule has 2 saturated carbocycles. The molecule has 2 atom stereocenters. The normalized spacial score (nSPS) is 35.4. The highest BCUT2D eigenvalue weighted by atomic mass is 16.3. The minimum Gasteiger partial charge on any atom is -0.391 e. The molecule has 0 amide bonds. The zero-order valence-electron chi connectivity index (χ0n) is 9.28. The van der Waals surface area contributed by atoms with E-state index in [4.69, 9.17) is 0 Å². The van der Waals surface area contributed by atoms with Crippen LogP contribution in [0.3, 0.4) is 0 Å². The highest BCUT2D eigenvalue weighted by Gasteiger charge is 2.32. The Morgan fingerprint density at radius 1 is 0.929 bits per heavy atom. The van der Waals surface area contributed by atoms with Gasteiger partial charge in [-0.2, -0.15) is 0 Å². The van der Waals surface area contributed by atoms with Crippen LogP contribution in [0.4, 0.5) is 0 Å². The van der Waals surface area contributed by atoms with Crippen LogP contribution in [0.5, 0.6) is 0 Å². The molecule has 2 aliphatic rings. The van der Waals surface area contributed by atoms with E-state index in [0.717, 1.165) is 12.5 Å². The van der Waals surface area contributed by atoms with Crippen LogP contribution < -0.4 is 0 Å². The number of aliphatic hydroxyl groups is 1. The molecule has 0 aliphatic heterocycles. The van der Waals surface area contributed by atoms with Crippen molar-refractivity contribution in [3.63, 3.8) is 0 Å². The largest absolute Gasteiger partial charge is 0.391 e. The molecule has 0 aromatic carbocycles. The molecule has 0 unspecified atom stereocenters. The lowest BCUT2D eigenvalue weighted by Gasteiger charge is -2.36. The minimum atomic E-state index is -0.0538. The maximum absolute atomic E-state index is 9.85. The summed E-state index contributed by atoms with van der Waals surface area (Å²) in [5.74, 6) is 0. The standard InChI is InChI=1S/C12H23NO/c1-13(10-6-3-2-4-7-10)11-8-5-9-12(11)14/h10-12,14H,2-9H2,1H3/t11-,12-/m0/s1. The lowest BCUT2D eigenvalue weighted by Crippen LogP contribution is -2.44. The second-order valence-corrected chi connectivity index (χ2v) is 5.02. The monoisotopic (exact) mass is 197 g/mol. The third-order valence-corrected chi connectivity index (χ3v) is 4.12. The van der Waals surface area contributed by atoms with Crippen molar-refractivity contribution in [2.24, 2.45) is 0 Å². The molecule has 0 bridgehead atoms. The Morgan fingerprint density at radius 2 is 1.64 bits per heavy atom. The number of nitrogens with zero attached hydrogens (tertiary/aromatic N) is 1. The van der Waals surface area contributed by atoms with Gasteiger partial charge in [0.15, 0.2) is 0 Å². The average Bonchev–Trinajstić information content (AvgIpc) is 2.65. The highest BCUT2D eigenvalue weighted by molar-refractivity contribution is 4.87. The molecule has 0 spiro atoms. The summed E-state index contributed by atoms with van der Waals surface area (Å²) in [6.07, 6.45) is 10.3. The first-order chi connectivity index (χ1) is 6.79. The fraction of sp³-hybridized carbons (Fsp3) is 1.00.